The van der Waals surface area contributed by atoms with Crippen LogP contribution >= 0.6 is 0 Å². The molecule has 1 heterocycles. The van der Waals surface area contributed by atoms with Crippen molar-refractivity contribution in [2.75, 3.05) is 20.8 Å². The van der Waals surface area contributed by atoms with Gasteiger partial charge in [-0.05, 0) is 30.9 Å². The summed E-state index contributed by atoms with van der Waals surface area (Å²) in [7, 11) is 3.47. The van der Waals surface area contributed by atoms with Crippen molar-refractivity contribution < 1.29 is 9.47 Å². The van der Waals surface area contributed by atoms with Gasteiger partial charge in [-0.3, -0.25) is 4.90 Å². The van der Waals surface area contributed by atoms with Crippen molar-refractivity contribution >= 4 is 0 Å². The van der Waals surface area contributed by atoms with E-state index in [4.69, 9.17) is 9.47 Å². The first-order valence-electron chi connectivity index (χ1n) is 7.29. The van der Waals surface area contributed by atoms with Crippen molar-refractivity contribution in [1.29, 1.82) is 0 Å². The molecule has 1 aliphatic carbocycles. The molecule has 3 nitrogen and oxygen atoms in total. The average Bonchev–Trinajstić information content (AvgIpc) is 2.99. The van der Waals surface area contributed by atoms with Crippen LogP contribution in [0.15, 0.2) is 12.1 Å². The number of hydrogen-bond acceptors (Lipinski definition) is 3. The molecule has 1 aromatic rings. The molecule has 3 rings (SSSR count). The molecule has 3 heteroatoms. The molecule has 1 fully saturated rings. The van der Waals surface area contributed by atoms with Gasteiger partial charge in [0, 0.05) is 30.8 Å². The second kappa shape index (κ2) is 5.41. The van der Waals surface area contributed by atoms with E-state index in [0.29, 0.717) is 0 Å². The maximum absolute atomic E-state index is 5.52. The first kappa shape index (κ1) is 12.8. The first-order valence-corrected chi connectivity index (χ1v) is 7.29. The van der Waals surface area contributed by atoms with Gasteiger partial charge in [-0.25, -0.2) is 0 Å². The van der Waals surface area contributed by atoms with E-state index in [1.54, 1.807) is 14.2 Å². The normalized spacial score (nSPS) is 20.3. The minimum atomic E-state index is 0.797. The van der Waals surface area contributed by atoms with Crippen LogP contribution in [-0.2, 0) is 13.0 Å². The zero-order valence-electron chi connectivity index (χ0n) is 11.9. The van der Waals surface area contributed by atoms with Gasteiger partial charge in [0.25, 0.3) is 0 Å². The number of fused-ring (bicyclic) bond motifs is 1. The monoisotopic (exact) mass is 261 g/mol. The van der Waals surface area contributed by atoms with Gasteiger partial charge in [0.1, 0.15) is 11.5 Å². The Bertz CT molecular complexity index is 452. The van der Waals surface area contributed by atoms with E-state index in [9.17, 15) is 0 Å². The van der Waals surface area contributed by atoms with Crippen molar-refractivity contribution in [3.8, 4) is 11.5 Å². The average molecular weight is 261 g/mol. The molecule has 1 aliphatic heterocycles. The number of hydrogen-bond donors (Lipinski definition) is 0. The number of nitrogens with zero attached hydrogens (tertiary/aromatic N) is 1. The van der Waals surface area contributed by atoms with Crippen LogP contribution in [0.1, 0.15) is 36.8 Å². The Hall–Kier alpha value is -1.22. The van der Waals surface area contributed by atoms with Gasteiger partial charge >= 0.3 is 0 Å². The van der Waals surface area contributed by atoms with E-state index in [1.807, 2.05) is 6.07 Å². The van der Waals surface area contributed by atoms with Gasteiger partial charge in [0.05, 0.1) is 14.2 Å². The lowest BCUT2D eigenvalue weighted by atomic mass is 9.96. The summed E-state index contributed by atoms with van der Waals surface area (Å²) in [6.45, 7) is 2.22. The van der Waals surface area contributed by atoms with Crippen molar-refractivity contribution in [3.05, 3.63) is 23.3 Å². The molecular formula is C16H23NO2. The van der Waals surface area contributed by atoms with Crippen LogP contribution in [0, 0.1) is 0 Å². The van der Waals surface area contributed by atoms with E-state index in [1.165, 1.54) is 43.4 Å². The molecule has 0 unspecified atom stereocenters. The zero-order valence-corrected chi connectivity index (χ0v) is 11.9. The lowest BCUT2D eigenvalue weighted by Gasteiger charge is -2.34. The standard InChI is InChI=1S/C16H23NO2/c1-18-14-9-12-11-17(13-5-3-4-6-13)8-7-15(12)16(10-14)19-2/h9-10,13H,3-8,11H2,1-2H3. The van der Waals surface area contributed by atoms with Gasteiger partial charge < -0.3 is 9.47 Å². The Morgan fingerprint density at radius 2 is 1.89 bits per heavy atom. The molecule has 2 aliphatic rings. The third kappa shape index (κ3) is 2.44. The van der Waals surface area contributed by atoms with E-state index in [0.717, 1.165) is 30.5 Å². The molecular weight excluding hydrogens is 238 g/mol. The lowest BCUT2D eigenvalue weighted by molar-refractivity contribution is 0.179. The minimum Gasteiger partial charge on any atom is -0.497 e. The quantitative estimate of drug-likeness (QED) is 0.835. The summed E-state index contributed by atoms with van der Waals surface area (Å²) < 4.78 is 10.9. The molecule has 0 bridgehead atoms. The molecule has 19 heavy (non-hydrogen) atoms. The highest BCUT2D eigenvalue weighted by atomic mass is 16.5. The predicted octanol–water partition coefficient (Wildman–Crippen LogP) is 3.00. The van der Waals surface area contributed by atoms with Gasteiger partial charge in [-0.2, -0.15) is 0 Å². The third-order valence-electron chi connectivity index (χ3n) is 4.59. The summed E-state index contributed by atoms with van der Waals surface area (Å²) >= 11 is 0. The number of benzene rings is 1. The van der Waals surface area contributed by atoms with Crippen molar-refractivity contribution in [3.63, 3.8) is 0 Å². The highest BCUT2D eigenvalue weighted by molar-refractivity contribution is 5.47. The van der Waals surface area contributed by atoms with Crippen LogP contribution in [0.25, 0.3) is 0 Å². The van der Waals surface area contributed by atoms with Gasteiger partial charge in [0.2, 0.25) is 0 Å². The third-order valence-corrected chi connectivity index (χ3v) is 4.59. The molecule has 0 aromatic heterocycles. The fourth-order valence-electron chi connectivity index (χ4n) is 3.53. The Labute approximate surface area is 115 Å². The van der Waals surface area contributed by atoms with Crippen LogP contribution in [0.3, 0.4) is 0 Å². The molecule has 0 N–H and O–H groups in total. The van der Waals surface area contributed by atoms with Crippen molar-refractivity contribution in [2.45, 2.75) is 44.7 Å². The van der Waals surface area contributed by atoms with Crippen molar-refractivity contribution in [1.82, 2.24) is 4.90 Å². The lowest BCUT2D eigenvalue weighted by Crippen LogP contribution is -2.37. The topological polar surface area (TPSA) is 21.7 Å². The summed E-state index contributed by atoms with van der Waals surface area (Å²) in [6.07, 6.45) is 6.64. The smallest absolute Gasteiger partial charge is 0.126 e. The second-order valence-corrected chi connectivity index (χ2v) is 5.63. The SMILES string of the molecule is COc1cc2c(c(OC)c1)CCN(C1CCCC1)C2. The number of ether oxygens (including phenoxy) is 2. The first-order chi connectivity index (χ1) is 9.31. The van der Waals surface area contributed by atoms with Crippen LogP contribution < -0.4 is 9.47 Å². The minimum absolute atomic E-state index is 0.797. The zero-order chi connectivity index (χ0) is 13.2. The molecule has 104 valence electrons. The van der Waals surface area contributed by atoms with E-state index in [2.05, 4.69) is 11.0 Å². The molecule has 0 amide bonds. The highest BCUT2D eigenvalue weighted by Gasteiger charge is 2.27. The maximum atomic E-state index is 5.52. The van der Waals surface area contributed by atoms with Crippen LogP contribution in [0.4, 0.5) is 0 Å². The highest BCUT2D eigenvalue weighted by Crippen LogP contribution is 2.35. The Morgan fingerprint density at radius 1 is 1.11 bits per heavy atom. The second-order valence-electron chi connectivity index (χ2n) is 5.63. The Balaban J connectivity index is 1.86. The molecule has 0 atom stereocenters. The maximum Gasteiger partial charge on any atom is 0.126 e. The van der Waals surface area contributed by atoms with Gasteiger partial charge in [0.15, 0.2) is 0 Å². The summed E-state index contributed by atoms with van der Waals surface area (Å²) in [5.41, 5.74) is 2.76. The van der Waals surface area contributed by atoms with Crippen LogP contribution in [-0.4, -0.2) is 31.7 Å². The molecule has 1 aromatic carbocycles. The fourth-order valence-corrected chi connectivity index (χ4v) is 3.53. The van der Waals surface area contributed by atoms with E-state index in [-0.39, 0.29) is 0 Å². The van der Waals surface area contributed by atoms with Crippen LogP contribution in [0.2, 0.25) is 0 Å². The summed E-state index contributed by atoms with van der Waals surface area (Å²) in [5, 5.41) is 0. The summed E-state index contributed by atoms with van der Waals surface area (Å²) in [5.74, 6) is 1.89. The van der Waals surface area contributed by atoms with Gasteiger partial charge in [-0.1, -0.05) is 12.8 Å². The largest absolute Gasteiger partial charge is 0.497 e. The molecule has 0 saturated heterocycles. The van der Waals surface area contributed by atoms with E-state index >= 15 is 0 Å². The number of methoxy groups -OCH3 is 2. The summed E-state index contributed by atoms with van der Waals surface area (Å²) in [6, 6.07) is 4.98. The molecule has 0 spiro atoms. The summed E-state index contributed by atoms with van der Waals surface area (Å²) in [4.78, 5) is 2.65. The van der Waals surface area contributed by atoms with Gasteiger partial charge in [-0.15, -0.1) is 0 Å². The molecule has 1 saturated carbocycles. The van der Waals surface area contributed by atoms with Crippen LogP contribution in [0.5, 0.6) is 11.5 Å². The fraction of sp³-hybridized carbons (Fsp3) is 0.625. The van der Waals surface area contributed by atoms with E-state index < -0.39 is 0 Å². The Morgan fingerprint density at radius 3 is 2.58 bits per heavy atom. The van der Waals surface area contributed by atoms with Crippen molar-refractivity contribution in [2.24, 2.45) is 0 Å². The predicted molar refractivity (Wildman–Crippen MR) is 75.9 cm³/mol. The number of rotatable bonds is 3. The molecule has 0 radical (unpaired) electrons. The Kier molecular flexibility index (Phi) is 3.65.